The maximum Gasteiger partial charge on any atom is 0.161 e. The molecular formula is C34H42O6. The minimum Gasteiger partial charge on any atom is -0.493 e. The number of ether oxygens (including phenoxy) is 6. The van der Waals surface area contributed by atoms with Crippen LogP contribution in [0.25, 0.3) is 0 Å². The molecule has 0 atom stereocenters. The quantitative estimate of drug-likeness (QED) is 0.236. The number of methoxy groups -OCH3 is 6. The number of rotatable bonds is 12. The molecule has 3 aliphatic carbocycles. The first kappa shape index (κ1) is 28.0. The van der Waals surface area contributed by atoms with Crippen LogP contribution < -0.4 is 28.4 Å². The normalized spacial score (nSPS) is 19.8. The summed E-state index contributed by atoms with van der Waals surface area (Å²) < 4.78 is 35.4. The highest BCUT2D eigenvalue weighted by Gasteiger charge is 2.59. The van der Waals surface area contributed by atoms with Crippen LogP contribution in [-0.4, -0.2) is 42.7 Å². The van der Waals surface area contributed by atoms with Crippen LogP contribution in [0.4, 0.5) is 0 Å². The molecule has 0 saturated carbocycles. The number of hydrogen-bond acceptors (Lipinski definition) is 6. The largest absolute Gasteiger partial charge is 0.493 e. The Bertz CT molecular complexity index is 1150. The van der Waals surface area contributed by atoms with Crippen molar-refractivity contribution in [2.75, 3.05) is 42.7 Å². The Morgan fingerprint density at radius 1 is 0.400 bits per heavy atom. The van der Waals surface area contributed by atoms with Crippen LogP contribution in [-0.2, 0) is 10.8 Å². The van der Waals surface area contributed by atoms with Crippen LogP contribution in [0, 0.1) is 0 Å². The zero-order chi connectivity index (χ0) is 28.7. The van der Waals surface area contributed by atoms with E-state index in [1.165, 1.54) is 33.4 Å². The highest BCUT2D eigenvalue weighted by molar-refractivity contribution is 5.79. The maximum atomic E-state index is 5.90. The average molecular weight is 547 g/mol. The van der Waals surface area contributed by atoms with E-state index in [2.05, 4.69) is 50.2 Å². The van der Waals surface area contributed by atoms with Gasteiger partial charge in [-0.3, -0.25) is 0 Å². The van der Waals surface area contributed by atoms with Crippen LogP contribution in [0.1, 0.15) is 85.8 Å². The van der Waals surface area contributed by atoms with Gasteiger partial charge in [0.05, 0.1) is 42.7 Å². The lowest BCUT2D eigenvalue weighted by molar-refractivity contribution is 0.333. The SMILES string of the molecule is CCCCC12c3cc(OC)c(OC)cc3C(CCCC)(c3cc(OC)c(OC)cc31)c1cc(OC)c(OC)cc12. The smallest absolute Gasteiger partial charge is 0.161 e. The third-order valence-electron chi connectivity index (χ3n) is 9.14. The molecule has 0 amide bonds. The van der Waals surface area contributed by atoms with Gasteiger partial charge in [0.2, 0.25) is 0 Å². The monoisotopic (exact) mass is 546 g/mol. The summed E-state index contributed by atoms with van der Waals surface area (Å²) in [6.45, 7) is 4.49. The summed E-state index contributed by atoms with van der Waals surface area (Å²) in [5.41, 5.74) is 6.64. The molecule has 0 aromatic heterocycles. The molecule has 0 aliphatic heterocycles. The highest BCUT2D eigenvalue weighted by atomic mass is 16.5. The van der Waals surface area contributed by atoms with Crippen LogP contribution in [0.3, 0.4) is 0 Å². The molecule has 3 aromatic carbocycles. The fourth-order valence-electron chi connectivity index (χ4n) is 7.32. The Labute approximate surface area is 238 Å². The summed E-state index contributed by atoms with van der Waals surface area (Å²) in [4.78, 5) is 0. The molecule has 2 bridgehead atoms. The van der Waals surface area contributed by atoms with Crippen molar-refractivity contribution in [3.8, 4) is 34.5 Å². The van der Waals surface area contributed by atoms with Crippen molar-refractivity contribution in [1.29, 1.82) is 0 Å². The van der Waals surface area contributed by atoms with E-state index in [1.807, 2.05) is 0 Å². The Kier molecular flexibility index (Phi) is 7.56. The predicted octanol–water partition coefficient (Wildman–Crippen LogP) is 7.41. The second-order valence-electron chi connectivity index (χ2n) is 10.8. The van der Waals surface area contributed by atoms with Crippen molar-refractivity contribution in [1.82, 2.24) is 0 Å². The molecule has 6 nitrogen and oxygen atoms in total. The van der Waals surface area contributed by atoms with Crippen molar-refractivity contribution in [3.63, 3.8) is 0 Å². The van der Waals surface area contributed by atoms with E-state index >= 15 is 0 Å². The summed E-state index contributed by atoms with van der Waals surface area (Å²) in [6, 6.07) is 13.3. The van der Waals surface area contributed by atoms with Gasteiger partial charge in [-0.15, -0.1) is 0 Å². The summed E-state index contributed by atoms with van der Waals surface area (Å²) in [6.07, 6.45) is 6.05. The van der Waals surface area contributed by atoms with E-state index < -0.39 is 10.8 Å². The first-order valence-corrected chi connectivity index (χ1v) is 14.3. The lowest BCUT2D eigenvalue weighted by Gasteiger charge is -2.57. The minimum atomic E-state index is -0.456. The molecule has 0 spiro atoms. The molecule has 0 radical (unpaired) electrons. The summed E-state index contributed by atoms with van der Waals surface area (Å²) >= 11 is 0. The van der Waals surface area contributed by atoms with Gasteiger partial charge in [-0.05, 0) is 82.6 Å². The summed E-state index contributed by atoms with van der Waals surface area (Å²) in [5.74, 6) is 4.41. The van der Waals surface area contributed by atoms with E-state index in [4.69, 9.17) is 28.4 Å². The van der Waals surface area contributed by atoms with Gasteiger partial charge in [-0.25, -0.2) is 0 Å². The van der Waals surface area contributed by atoms with Crippen LogP contribution in [0.2, 0.25) is 0 Å². The van der Waals surface area contributed by atoms with Crippen LogP contribution in [0.5, 0.6) is 34.5 Å². The Morgan fingerprint density at radius 2 is 0.600 bits per heavy atom. The summed E-state index contributed by atoms with van der Waals surface area (Å²) in [5, 5.41) is 0. The average Bonchev–Trinajstić information content (AvgIpc) is 3.00. The highest BCUT2D eigenvalue weighted by Crippen LogP contribution is 2.68. The van der Waals surface area contributed by atoms with Gasteiger partial charge in [-0.1, -0.05) is 39.5 Å². The molecule has 6 heteroatoms. The van der Waals surface area contributed by atoms with Gasteiger partial charge in [0, 0.05) is 10.8 Å². The standard InChI is InChI=1S/C34H42O6/c1-9-11-13-33-21-15-27(35-3)30(38-6)18-24(21)34(14-12-10-2,25-19-31(39-7)28(36-4)16-22(25)33)26-20-32(40-8)29(37-5)17-23(26)33/h15-20H,9-14H2,1-8H3. The zero-order valence-electron chi connectivity index (χ0n) is 25.2. The maximum absolute atomic E-state index is 5.90. The molecule has 0 unspecified atom stereocenters. The first-order chi connectivity index (χ1) is 19.4. The number of benzene rings is 3. The van der Waals surface area contributed by atoms with E-state index in [0.29, 0.717) is 0 Å². The van der Waals surface area contributed by atoms with Crippen molar-refractivity contribution in [2.45, 2.75) is 63.2 Å². The van der Waals surface area contributed by atoms with Gasteiger partial charge >= 0.3 is 0 Å². The van der Waals surface area contributed by atoms with Gasteiger partial charge in [0.15, 0.2) is 34.5 Å². The third-order valence-corrected chi connectivity index (χ3v) is 9.14. The zero-order valence-corrected chi connectivity index (χ0v) is 25.2. The van der Waals surface area contributed by atoms with Crippen LogP contribution in [0.15, 0.2) is 36.4 Å². The summed E-state index contributed by atoms with van der Waals surface area (Å²) in [7, 11) is 10.3. The van der Waals surface area contributed by atoms with E-state index in [1.54, 1.807) is 42.7 Å². The van der Waals surface area contributed by atoms with E-state index in [9.17, 15) is 0 Å². The molecule has 214 valence electrons. The molecule has 0 N–H and O–H groups in total. The second kappa shape index (κ2) is 10.8. The van der Waals surface area contributed by atoms with Crippen molar-refractivity contribution in [3.05, 3.63) is 69.8 Å². The predicted molar refractivity (Wildman–Crippen MR) is 157 cm³/mol. The van der Waals surface area contributed by atoms with Crippen LogP contribution >= 0.6 is 0 Å². The van der Waals surface area contributed by atoms with E-state index in [0.717, 1.165) is 73.0 Å². The van der Waals surface area contributed by atoms with Gasteiger partial charge < -0.3 is 28.4 Å². The molecule has 3 aliphatic rings. The topological polar surface area (TPSA) is 55.4 Å². The van der Waals surface area contributed by atoms with Crippen molar-refractivity contribution >= 4 is 0 Å². The van der Waals surface area contributed by atoms with Crippen molar-refractivity contribution in [2.24, 2.45) is 0 Å². The molecule has 6 rings (SSSR count). The number of unbranched alkanes of at least 4 members (excludes halogenated alkanes) is 2. The lowest BCUT2D eigenvalue weighted by Crippen LogP contribution is -2.51. The van der Waals surface area contributed by atoms with E-state index in [-0.39, 0.29) is 0 Å². The third kappa shape index (κ3) is 3.68. The lowest BCUT2D eigenvalue weighted by atomic mass is 9.45. The molecule has 0 fully saturated rings. The Balaban J connectivity index is 2.04. The Hall–Kier alpha value is -3.54. The fraction of sp³-hybridized carbons (Fsp3) is 0.471. The van der Waals surface area contributed by atoms with Gasteiger partial charge in [0.1, 0.15) is 0 Å². The molecule has 0 heterocycles. The molecule has 3 aromatic rings. The Morgan fingerprint density at radius 3 is 0.750 bits per heavy atom. The fourth-order valence-corrected chi connectivity index (χ4v) is 7.32. The minimum absolute atomic E-state index is 0.456. The molecule has 0 saturated heterocycles. The van der Waals surface area contributed by atoms with Gasteiger partial charge in [-0.2, -0.15) is 0 Å². The second-order valence-corrected chi connectivity index (χ2v) is 10.8. The molecular weight excluding hydrogens is 504 g/mol. The molecule has 40 heavy (non-hydrogen) atoms. The van der Waals surface area contributed by atoms with Gasteiger partial charge in [0.25, 0.3) is 0 Å². The first-order valence-electron chi connectivity index (χ1n) is 14.3. The van der Waals surface area contributed by atoms with Crippen molar-refractivity contribution < 1.29 is 28.4 Å². The number of hydrogen-bond donors (Lipinski definition) is 0.